The number of rotatable bonds is 6. The topological polar surface area (TPSA) is 125 Å². The molecule has 0 bridgehead atoms. The van der Waals surface area contributed by atoms with Crippen LogP contribution in [-0.4, -0.2) is 858 Å². The van der Waals surface area contributed by atoms with Crippen LogP contribution in [0.25, 0.3) is 22.3 Å². The molecule has 38 heteroatoms. The number of esters is 1. The van der Waals surface area contributed by atoms with Crippen LogP contribution in [0.1, 0.15) is 31.2 Å². The average molecular weight is 1520 g/mol. The summed E-state index contributed by atoms with van der Waals surface area (Å²) < 4.78 is 21.1. The molecule has 1 aromatic carbocycles. The van der Waals surface area contributed by atoms with Gasteiger partial charge in [-0.3, -0.25) is 10.1 Å². The van der Waals surface area contributed by atoms with E-state index >= 15 is 0 Å². The van der Waals surface area contributed by atoms with Crippen LogP contribution in [0, 0.1) is 22.9 Å². The van der Waals surface area contributed by atoms with Crippen LogP contribution < -0.4 is 56.7 Å². The number of carbonyl (C=O) groups is 1. The van der Waals surface area contributed by atoms with E-state index in [1.807, 2.05) is 17.7 Å². The van der Waals surface area contributed by atoms with E-state index in [1.54, 1.807) is 39.2 Å². The number of nitrogens with one attached hydrogen (secondary N) is 1. The zero-order valence-corrected chi connectivity index (χ0v) is 130. The van der Waals surface area contributed by atoms with E-state index in [-0.39, 0.29) is 76.1 Å². The van der Waals surface area contributed by atoms with Gasteiger partial charge < -0.3 is 16.0 Å². The Morgan fingerprint density at radius 1 is 0.787 bits per heavy atom. The van der Waals surface area contributed by atoms with Gasteiger partial charge in [-0.1, -0.05) is 0 Å². The fourth-order valence-corrected chi connectivity index (χ4v) is 3.53. The number of hydrogen-bond donors (Lipinski definition) is 1. The Labute approximate surface area is 1000 Å². The molecule has 3 heterocycles. The zero-order valence-electron chi connectivity index (χ0n) is 46.9. The van der Waals surface area contributed by atoms with Crippen molar-refractivity contribution in [2.75, 3.05) is 5.32 Å². The molecular formula is C23H22FK27N6O4. The summed E-state index contributed by atoms with van der Waals surface area (Å²) >= 11 is 32.5. The van der Waals surface area contributed by atoms with Gasteiger partial charge in [0.25, 0.3) is 0 Å². The molecule has 1 N–H and O–H groups in total. The van der Waals surface area contributed by atoms with Gasteiger partial charge in [0.2, 0.25) is 11.8 Å². The second kappa shape index (κ2) is 111. The van der Waals surface area contributed by atoms with Crippen LogP contribution >= 0.6 is 0 Å². The van der Waals surface area contributed by atoms with E-state index in [9.17, 15) is 19.3 Å². The van der Waals surface area contributed by atoms with Crippen molar-refractivity contribution >= 4 is 855 Å². The molecule has 61 heavy (non-hydrogen) atoms. The first-order chi connectivity index (χ1) is 29.2. The van der Waals surface area contributed by atoms with Gasteiger partial charge in [0.1, 0.15) is 11.2 Å². The molecule has 3 aromatic heterocycles. The third-order valence-electron chi connectivity index (χ3n) is 5.08. The Morgan fingerprint density at radius 3 is 1.61 bits per heavy atom. The minimum absolute atomic E-state index is 0. The van der Waals surface area contributed by atoms with Crippen LogP contribution in [-0.2, 0) is 11.8 Å². The van der Waals surface area contributed by atoms with E-state index in [1.165, 1.54) is 827 Å². The number of nitro groups is 1. The summed E-state index contributed by atoms with van der Waals surface area (Å²) in [6.45, 7) is 5.07. The van der Waals surface area contributed by atoms with Gasteiger partial charge in [0.15, 0.2) is 0 Å². The van der Waals surface area contributed by atoms with Crippen LogP contribution in [0.2, 0.25) is 0 Å². The van der Waals surface area contributed by atoms with Gasteiger partial charge in [-0.05, 0) is 44.5 Å². The van der Waals surface area contributed by atoms with Crippen molar-refractivity contribution in [2.24, 2.45) is 7.05 Å². The molecule has 0 fully saturated rings. The van der Waals surface area contributed by atoms with Gasteiger partial charge in [-0.2, -0.15) is 4.39 Å². The minimum atomic E-state index is -0.940. The molecule has 0 radical (unpaired) electrons. The molecule has 0 saturated carbocycles. The Hall–Kier alpha value is 39.8. The predicted octanol–water partition coefficient (Wildman–Crippen LogP) is -8.09. The number of carbonyl (C=O) groups excluding carboxylic acids is 1. The average Bonchev–Trinajstić information content (AvgIpc) is 3.68. The summed E-state index contributed by atoms with van der Waals surface area (Å²) in [4.78, 5) is 36.3. The van der Waals surface area contributed by atoms with Crippen LogP contribution in [0.5, 0.6) is 0 Å². The number of hydrogen-bond acceptors (Lipinski definition) is 8. The van der Waals surface area contributed by atoms with Gasteiger partial charge in [0.05, 0.1) is 22.4 Å². The molecule has 0 unspecified atom stereocenters. The van der Waals surface area contributed by atoms with E-state index in [0.717, 1.165) is 17.5 Å². The number of nitrogens with zero attached hydrogens (tertiary/aromatic N) is 5. The molecule has 4 rings (SSSR count). The second-order valence-corrected chi connectivity index (χ2v) is 7.94. The summed E-state index contributed by atoms with van der Waals surface area (Å²) in [6.07, 6.45) is 4.44. The predicted molar refractivity (Wildman–Crippen MR) is 274 cm³/mol. The number of nitro benzene ring substituents is 1. The van der Waals surface area contributed by atoms with Crippen molar-refractivity contribution in [3.8, 4) is 11.3 Å². The number of anilines is 2. The van der Waals surface area contributed by atoms with Crippen molar-refractivity contribution in [3.05, 3.63) is 69.9 Å². The van der Waals surface area contributed by atoms with Gasteiger partial charge in [-0.15, -0.1) is 0 Å². The summed E-state index contributed by atoms with van der Waals surface area (Å²) in [5.74, 6) is -1.46. The summed E-state index contributed by atoms with van der Waals surface area (Å²) in [5, 5.41) is 14.8. The Balaban J connectivity index is -0.0000000769. The second-order valence-electron chi connectivity index (χ2n) is 7.94. The van der Waals surface area contributed by atoms with Crippen molar-refractivity contribution < 1.29 is 71.7 Å². The fraction of sp³-hybridized carbons (Fsp3) is 0.217. The maximum atomic E-state index is 13.9. The molecule has 0 spiro atoms. The third kappa shape index (κ3) is 76.3. The monoisotopic (exact) mass is 1520 g/mol. The third-order valence-corrected chi connectivity index (χ3v) is 5.08. The van der Waals surface area contributed by atoms with E-state index < -0.39 is 22.4 Å². The molecule has 4 aromatic rings. The van der Waals surface area contributed by atoms with Crippen molar-refractivity contribution in [1.29, 1.82) is 0 Å². The van der Waals surface area contributed by atoms with Crippen molar-refractivity contribution in [3.63, 3.8) is 0 Å². The summed E-state index contributed by atoms with van der Waals surface area (Å²) in [7, 11) is 1.83. The Kier molecular flexibility index (Phi) is 226. The van der Waals surface area contributed by atoms with E-state index in [4.69, 9.17) is 4.74 Å². The Bertz CT molecular complexity index is 1500. The fourth-order valence-electron chi connectivity index (χ4n) is 3.53. The first-order valence-electron chi connectivity index (χ1n) is 23.4. The molecule has 0 aliphatic heterocycles. The van der Waals surface area contributed by atoms with Crippen molar-refractivity contribution in [2.45, 2.75) is 26.9 Å². The van der Waals surface area contributed by atoms with Crippen LogP contribution in [0.3, 0.4) is 0 Å². The first-order valence-corrected chi connectivity index (χ1v) is 231. The van der Waals surface area contributed by atoms with Gasteiger partial charge in [0, 0.05) is 42.7 Å². The van der Waals surface area contributed by atoms with E-state index in [0.29, 0.717) is 22.5 Å². The quantitative estimate of drug-likeness (QED) is 0.0876. The molecule has 0 atom stereocenters. The SMILES string of the molecule is Cc1cc(F)c([N+](=O)[O-])cc1Nc1ncc(C(=O)OC(C)C)c(-c2cn(C)c3ncccc23)n1.[H-].[K+].[K][K].[K][K].[K][K].[K][K].[K][K].[K][K].[K][K].[K][K].[K][K].[K][K].[K][K].[K][K].[K][K]. The number of pyridine rings is 1. The number of aromatic nitrogens is 4. The standard InChI is InChI=1S/C23H21FN6O4.27K.H/c1-12(2)34-22(31)15-10-26-23(27-18-9-19(30(32)33)17(24)8-13(18)3)28-20(15)16-11-29(4)21-14(16)6-5-7-25-21;;;;;;;;;;;;;;;;;;;;;;;;;;;;/h5-12H,1-4H3,(H,26,27,28);;;;;;;;;;;;;;;;;;;;;;;;;;;;/q;;;;;;;;;;;;;;;;;;;;;;;;;;;+1;-1. The van der Waals surface area contributed by atoms with Crippen molar-refractivity contribution in [1.82, 2.24) is 19.5 Å². The molecular weight excluding hydrogens is 1500 g/mol. The number of fused-ring (bicyclic) bond motifs is 1. The molecule has 10 nitrogen and oxygen atoms in total. The summed E-state index contributed by atoms with van der Waals surface area (Å²) in [6, 6.07) is 5.78. The number of aryl methyl sites for hydroxylation is 2. The summed E-state index contributed by atoms with van der Waals surface area (Å²) in [5.41, 5.74) is 1.79. The van der Waals surface area contributed by atoms with E-state index in [2.05, 4.69) is 20.3 Å². The normalized spacial score (nSPS) is 7.90. The Morgan fingerprint density at radius 2 is 1.21 bits per heavy atom. The zero-order chi connectivity index (χ0) is 50.6. The first kappa shape index (κ1) is 124. The maximum absolute atomic E-state index is 13.9. The van der Waals surface area contributed by atoms with Gasteiger partial charge >= 0.3 is 884 Å². The number of benzene rings is 1. The molecule has 0 aliphatic rings. The number of halogens is 1. The van der Waals surface area contributed by atoms with Crippen LogP contribution in [0.15, 0.2) is 42.9 Å². The molecule has 0 saturated heterocycles. The van der Waals surface area contributed by atoms with Gasteiger partial charge in [-0.25, -0.2) is 19.7 Å². The molecule has 0 amide bonds. The van der Waals surface area contributed by atoms with Crippen LogP contribution in [0.4, 0.5) is 21.7 Å². The number of ether oxygens (including phenoxy) is 1. The molecule has 0 aliphatic carbocycles. The molecule has 202 valence electrons.